The van der Waals surface area contributed by atoms with Gasteiger partial charge in [-0.05, 0) is 77.3 Å². The molecule has 4 aliphatic rings. The highest BCUT2D eigenvalue weighted by Gasteiger charge is 2.57. The maximum Gasteiger partial charge on any atom is 0.0471 e. The fraction of sp³-hybridized carbons (Fsp3) is 0.394. The van der Waals surface area contributed by atoms with Gasteiger partial charge in [-0.15, -0.1) is 0 Å². The molecule has 2 heteroatoms. The smallest absolute Gasteiger partial charge is 0.0471 e. The van der Waals surface area contributed by atoms with Crippen molar-refractivity contribution < 1.29 is 9.47 Å². The molecule has 4 aliphatic carbocycles. The number of rotatable bonds is 8. The molecule has 4 atom stereocenters. The van der Waals surface area contributed by atoms with Gasteiger partial charge < -0.3 is 9.47 Å². The number of hydrogen-bond donors (Lipinski definition) is 0. The molecule has 0 spiro atoms. The van der Waals surface area contributed by atoms with E-state index in [0.717, 1.165) is 45.3 Å². The number of hydrogen-bond acceptors (Lipinski definition) is 2. The molecular weight excluding hydrogens is 428 g/mol. The lowest BCUT2D eigenvalue weighted by Gasteiger charge is -2.47. The van der Waals surface area contributed by atoms with Crippen molar-refractivity contribution in [3.05, 3.63) is 107 Å². The number of allylic oxidation sites excluding steroid dienone is 8. The summed E-state index contributed by atoms with van der Waals surface area (Å²) < 4.78 is 11.6. The molecule has 35 heavy (non-hydrogen) atoms. The normalized spacial score (nSPS) is 29.8. The first-order valence-electron chi connectivity index (χ1n) is 13.2. The van der Waals surface area contributed by atoms with E-state index in [2.05, 4.69) is 85.0 Å². The van der Waals surface area contributed by atoms with Crippen molar-refractivity contribution in [1.29, 1.82) is 0 Å². The maximum atomic E-state index is 5.79. The average Bonchev–Trinajstić information content (AvgIpc) is 3.35. The molecule has 0 amide bonds. The molecule has 0 radical (unpaired) electrons. The third-order valence-corrected chi connectivity index (χ3v) is 9.34. The van der Waals surface area contributed by atoms with E-state index in [9.17, 15) is 0 Å². The van der Waals surface area contributed by atoms with Crippen molar-refractivity contribution in [1.82, 2.24) is 0 Å². The molecule has 0 aromatic heterocycles. The van der Waals surface area contributed by atoms with Crippen LogP contribution in [0.4, 0.5) is 0 Å². The van der Waals surface area contributed by atoms with Crippen molar-refractivity contribution in [2.45, 2.75) is 42.9 Å². The fourth-order valence-corrected chi connectivity index (χ4v) is 7.94. The number of fused-ring (bicyclic) bond motifs is 6. The largest absolute Gasteiger partial charge is 0.385 e. The molecule has 0 saturated heterocycles. The van der Waals surface area contributed by atoms with Gasteiger partial charge in [0.1, 0.15) is 0 Å². The van der Waals surface area contributed by atoms with Crippen molar-refractivity contribution in [2.24, 2.45) is 11.8 Å². The van der Waals surface area contributed by atoms with E-state index in [1.807, 2.05) is 14.2 Å². The van der Waals surface area contributed by atoms with E-state index in [0.29, 0.717) is 11.8 Å². The van der Waals surface area contributed by atoms with E-state index in [1.54, 1.807) is 0 Å². The first-order chi connectivity index (χ1) is 17.2. The van der Waals surface area contributed by atoms with E-state index in [4.69, 9.17) is 9.47 Å². The Morgan fingerprint density at radius 3 is 1.60 bits per heavy atom. The van der Waals surface area contributed by atoms with E-state index >= 15 is 0 Å². The summed E-state index contributed by atoms with van der Waals surface area (Å²) in [5, 5.41) is 0. The lowest BCUT2D eigenvalue weighted by Crippen LogP contribution is -2.44. The lowest BCUT2D eigenvalue weighted by atomic mass is 9.56. The summed E-state index contributed by atoms with van der Waals surface area (Å²) in [7, 11) is 3.70. The SMILES string of the molecule is COCCC1(CC2(CCOC)c3ccccc3C3=CC=CC[C@H]32)c2ccccc2C2=CC=CC[C@H]21. The highest BCUT2D eigenvalue weighted by Crippen LogP contribution is 2.65. The third kappa shape index (κ3) is 3.37. The van der Waals surface area contributed by atoms with Gasteiger partial charge in [-0.1, -0.05) is 85.0 Å². The minimum Gasteiger partial charge on any atom is -0.385 e. The Morgan fingerprint density at radius 2 is 1.14 bits per heavy atom. The molecule has 6 rings (SSSR count). The number of methoxy groups -OCH3 is 2. The highest BCUT2D eigenvalue weighted by atomic mass is 16.5. The second-order valence-electron chi connectivity index (χ2n) is 10.7. The molecule has 0 fully saturated rings. The molecule has 0 aliphatic heterocycles. The Kier molecular flexibility index (Phi) is 5.90. The van der Waals surface area contributed by atoms with E-state index in [-0.39, 0.29) is 10.8 Å². The average molecular weight is 465 g/mol. The molecule has 2 aromatic rings. The molecule has 180 valence electrons. The van der Waals surface area contributed by atoms with Crippen molar-refractivity contribution in [2.75, 3.05) is 27.4 Å². The predicted octanol–water partition coefficient (Wildman–Crippen LogP) is 7.27. The summed E-state index contributed by atoms with van der Waals surface area (Å²) in [4.78, 5) is 0. The zero-order chi connectivity index (χ0) is 23.9. The Hall–Kier alpha value is -2.68. The van der Waals surface area contributed by atoms with Crippen LogP contribution in [0.15, 0.2) is 85.0 Å². The zero-order valence-corrected chi connectivity index (χ0v) is 21.0. The summed E-state index contributed by atoms with van der Waals surface area (Å²) in [5.74, 6) is 0.970. The van der Waals surface area contributed by atoms with Crippen LogP contribution in [0.2, 0.25) is 0 Å². The van der Waals surface area contributed by atoms with Gasteiger partial charge in [0.05, 0.1) is 0 Å². The summed E-state index contributed by atoms with van der Waals surface area (Å²) in [6.07, 6.45) is 19.4. The van der Waals surface area contributed by atoms with Crippen LogP contribution in [0.1, 0.15) is 54.4 Å². The first-order valence-corrected chi connectivity index (χ1v) is 13.2. The van der Waals surface area contributed by atoms with Gasteiger partial charge >= 0.3 is 0 Å². The molecule has 0 N–H and O–H groups in total. The summed E-state index contributed by atoms with van der Waals surface area (Å²) in [5.41, 5.74) is 9.04. The number of benzene rings is 2. The van der Waals surface area contributed by atoms with E-state index < -0.39 is 0 Å². The van der Waals surface area contributed by atoms with Crippen LogP contribution in [0.25, 0.3) is 11.1 Å². The quantitative estimate of drug-likeness (QED) is 0.409. The van der Waals surface area contributed by atoms with Crippen LogP contribution in [0, 0.1) is 11.8 Å². The van der Waals surface area contributed by atoms with E-state index in [1.165, 1.54) is 33.4 Å². The first kappa shape index (κ1) is 22.8. The lowest BCUT2D eigenvalue weighted by molar-refractivity contribution is 0.100. The van der Waals surface area contributed by atoms with Crippen LogP contribution in [0.3, 0.4) is 0 Å². The topological polar surface area (TPSA) is 18.5 Å². The maximum absolute atomic E-state index is 5.79. The number of ether oxygens (including phenoxy) is 2. The van der Waals surface area contributed by atoms with Gasteiger partial charge in [0, 0.05) is 38.3 Å². The van der Waals surface area contributed by atoms with Gasteiger partial charge in [-0.3, -0.25) is 0 Å². The van der Waals surface area contributed by atoms with Crippen LogP contribution in [-0.2, 0) is 20.3 Å². The predicted molar refractivity (Wildman–Crippen MR) is 144 cm³/mol. The van der Waals surface area contributed by atoms with Crippen molar-refractivity contribution in [3.8, 4) is 0 Å². The van der Waals surface area contributed by atoms with Gasteiger partial charge in [0.15, 0.2) is 0 Å². The molecule has 0 bridgehead atoms. The third-order valence-electron chi connectivity index (χ3n) is 9.34. The highest BCUT2D eigenvalue weighted by molar-refractivity contribution is 5.82. The molecule has 2 unspecified atom stereocenters. The van der Waals surface area contributed by atoms with Crippen molar-refractivity contribution in [3.63, 3.8) is 0 Å². The van der Waals surface area contributed by atoms with Gasteiger partial charge in [-0.25, -0.2) is 0 Å². The van der Waals surface area contributed by atoms with Gasteiger partial charge in [-0.2, -0.15) is 0 Å². The molecule has 2 nitrogen and oxygen atoms in total. The second kappa shape index (κ2) is 9.08. The molecular formula is C33H36O2. The molecule has 2 aromatic carbocycles. The second-order valence-corrected chi connectivity index (χ2v) is 10.7. The summed E-state index contributed by atoms with van der Waals surface area (Å²) in [6, 6.07) is 18.4. The zero-order valence-electron chi connectivity index (χ0n) is 21.0. The van der Waals surface area contributed by atoms with Gasteiger partial charge in [0.2, 0.25) is 0 Å². The minimum atomic E-state index is 0.0284. The molecule has 0 heterocycles. The van der Waals surface area contributed by atoms with Crippen LogP contribution in [0.5, 0.6) is 0 Å². The Balaban J connectivity index is 1.57. The van der Waals surface area contributed by atoms with Crippen LogP contribution < -0.4 is 0 Å². The van der Waals surface area contributed by atoms with Gasteiger partial charge in [0.25, 0.3) is 0 Å². The minimum absolute atomic E-state index is 0.0284. The Bertz CT molecular complexity index is 1140. The summed E-state index contributed by atoms with van der Waals surface area (Å²) >= 11 is 0. The summed E-state index contributed by atoms with van der Waals surface area (Å²) in [6.45, 7) is 1.55. The molecule has 0 saturated carbocycles. The fourth-order valence-electron chi connectivity index (χ4n) is 7.94. The van der Waals surface area contributed by atoms with Crippen LogP contribution in [-0.4, -0.2) is 27.4 Å². The van der Waals surface area contributed by atoms with Crippen molar-refractivity contribution >= 4 is 11.1 Å². The Labute approximate surface area is 210 Å². The standard InChI is InChI=1S/C33H36O2/c1-34-21-19-32(28-15-7-3-11-24(28)25-12-4-8-16-29(25)32)23-33(20-22-35-2)30-17-9-5-13-26(30)27-14-6-10-18-31(27)33/h3-15,17,29,31H,16,18-23H2,1-2H3/t29-,31-,32?,33?/m1/s1. The van der Waals surface area contributed by atoms with Crippen LogP contribution >= 0.6 is 0 Å². The monoisotopic (exact) mass is 464 g/mol. The Morgan fingerprint density at radius 1 is 0.686 bits per heavy atom.